The van der Waals surface area contributed by atoms with Gasteiger partial charge in [0.15, 0.2) is 0 Å². The number of rotatable bonds is 2. The van der Waals surface area contributed by atoms with Crippen LogP contribution in [-0.4, -0.2) is 0 Å². The Morgan fingerprint density at radius 2 is 1.06 bits per heavy atom. The molecule has 1 aliphatic heterocycles. The van der Waals surface area contributed by atoms with Crippen molar-refractivity contribution in [3.8, 4) is 0 Å². The minimum absolute atomic E-state index is 0.521. The van der Waals surface area contributed by atoms with Gasteiger partial charge in [0.05, 0.1) is 5.57 Å². The van der Waals surface area contributed by atoms with Crippen molar-refractivity contribution in [3.05, 3.63) is 90.3 Å². The van der Waals surface area contributed by atoms with E-state index in [0.717, 1.165) is 16.7 Å². The molecule has 2 aromatic rings. The zero-order chi connectivity index (χ0) is 12.2. The van der Waals surface area contributed by atoms with E-state index in [1.165, 1.54) is 0 Å². The zero-order valence-electron chi connectivity index (χ0n) is 9.74. The highest BCUT2D eigenvalue weighted by molar-refractivity contribution is 5.80. The van der Waals surface area contributed by atoms with Crippen LogP contribution in [-0.2, 0) is 9.47 Å². The van der Waals surface area contributed by atoms with Crippen LogP contribution in [0.1, 0.15) is 11.1 Å². The van der Waals surface area contributed by atoms with Crippen LogP contribution in [0.25, 0.3) is 5.57 Å². The Bertz CT molecular complexity index is 532. The van der Waals surface area contributed by atoms with E-state index in [0.29, 0.717) is 5.95 Å². The molecule has 0 saturated heterocycles. The Labute approximate surface area is 106 Å². The molecule has 0 bridgehead atoms. The van der Waals surface area contributed by atoms with Gasteiger partial charge in [0, 0.05) is 0 Å². The zero-order valence-corrected chi connectivity index (χ0v) is 9.74. The Morgan fingerprint density at radius 1 is 0.611 bits per heavy atom. The fraction of sp³-hybridized carbons (Fsp3) is 0. The summed E-state index contributed by atoms with van der Waals surface area (Å²) in [6.07, 6.45) is 3.09. The van der Waals surface area contributed by atoms with Gasteiger partial charge in [-0.15, -0.1) is 0 Å². The predicted molar refractivity (Wildman–Crippen MR) is 70.2 cm³/mol. The number of benzene rings is 2. The van der Waals surface area contributed by atoms with Gasteiger partial charge in [-0.05, 0) is 11.1 Å². The van der Waals surface area contributed by atoms with E-state index in [2.05, 4.69) is 0 Å². The molecule has 2 nitrogen and oxygen atoms in total. The first-order valence-electron chi connectivity index (χ1n) is 5.78. The maximum Gasteiger partial charge on any atom is 0.298 e. The van der Waals surface area contributed by atoms with Crippen LogP contribution in [0.5, 0.6) is 0 Å². The van der Waals surface area contributed by atoms with Crippen LogP contribution in [0, 0.1) is 0 Å². The molecule has 1 aliphatic rings. The van der Waals surface area contributed by atoms with Gasteiger partial charge < -0.3 is 9.47 Å². The third-order valence-corrected chi connectivity index (χ3v) is 2.73. The van der Waals surface area contributed by atoms with Crippen LogP contribution in [0.2, 0.25) is 0 Å². The second-order valence-electron chi connectivity index (χ2n) is 3.90. The summed E-state index contributed by atoms with van der Waals surface area (Å²) in [4.78, 5) is 0. The Balaban J connectivity index is 2.14. The lowest BCUT2D eigenvalue weighted by molar-refractivity contribution is 0.204. The minimum atomic E-state index is 0.521. The second kappa shape index (κ2) is 4.80. The van der Waals surface area contributed by atoms with Gasteiger partial charge >= 0.3 is 0 Å². The van der Waals surface area contributed by atoms with Crippen molar-refractivity contribution in [1.82, 2.24) is 0 Å². The first-order valence-corrected chi connectivity index (χ1v) is 5.78. The molecule has 0 unspecified atom stereocenters. The molecule has 2 heteroatoms. The smallest absolute Gasteiger partial charge is 0.298 e. The highest BCUT2D eigenvalue weighted by Crippen LogP contribution is 2.29. The van der Waals surface area contributed by atoms with E-state index in [-0.39, 0.29) is 0 Å². The Hall–Kier alpha value is -2.48. The van der Waals surface area contributed by atoms with Crippen molar-refractivity contribution >= 4 is 5.57 Å². The van der Waals surface area contributed by atoms with Crippen LogP contribution in [0.15, 0.2) is 79.1 Å². The lowest BCUT2D eigenvalue weighted by atomic mass is 9.99. The van der Waals surface area contributed by atoms with Crippen molar-refractivity contribution in [2.45, 2.75) is 0 Å². The molecule has 0 amide bonds. The van der Waals surface area contributed by atoms with Crippen molar-refractivity contribution < 1.29 is 9.47 Å². The maximum absolute atomic E-state index is 5.40. The van der Waals surface area contributed by atoms with Crippen molar-refractivity contribution in [2.24, 2.45) is 0 Å². The van der Waals surface area contributed by atoms with Crippen LogP contribution >= 0.6 is 0 Å². The molecule has 0 aromatic heterocycles. The van der Waals surface area contributed by atoms with Gasteiger partial charge in [0.2, 0.25) is 0 Å². The Kier molecular flexibility index (Phi) is 2.84. The molecule has 2 aromatic carbocycles. The summed E-state index contributed by atoms with van der Waals surface area (Å²) in [5.41, 5.74) is 3.10. The molecular weight excluding hydrogens is 224 g/mol. The fourth-order valence-corrected chi connectivity index (χ4v) is 1.94. The average molecular weight is 236 g/mol. The quantitative estimate of drug-likeness (QED) is 0.786. The van der Waals surface area contributed by atoms with Gasteiger partial charge in [-0.2, -0.15) is 0 Å². The van der Waals surface area contributed by atoms with Crippen molar-refractivity contribution in [3.63, 3.8) is 0 Å². The molecule has 1 heterocycles. The van der Waals surface area contributed by atoms with E-state index in [1.807, 2.05) is 60.7 Å². The van der Waals surface area contributed by atoms with Gasteiger partial charge in [-0.1, -0.05) is 60.7 Å². The summed E-state index contributed by atoms with van der Waals surface area (Å²) in [7, 11) is 0. The molecule has 0 saturated carbocycles. The van der Waals surface area contributed by atoms with Crippen molar-refractivity contribution in [1.29, 1.82) is 0 Å². The number of ether oxygens (including phenoxy) is 2. The normalized spacial score (nSPS) is 13.0. The summed E-state index contributed by atoms with van der Waals surface area (Å²) in [6.45, 7) is 0. The molecule has 88 valence electrons. The van der Waals surface area contributed by atoms with Crippen molar-refractivity contribution in [2.75, 3.05) is 0 Å². The van der Waals surface area contributed by atoms with Gasteiger partial charge in [-0.25, -0.2) is 0 Å². The SMILES string of the molecule is C1=COC(=C(c2ccccc2)c2ccccc2)O1. The fourth-order valence-electron chi connectivity index (χ4n) is 1.94. The van der Waals surface area contributed by atoms with E-state index < -0.39 is 0 Å². The summed E-state index contributed by atoms with van der Waals surface area (Å²) < 4.78 is 10.8. The van der Waals surface area contributed by atoms with E-state index in [4.69, 9.17) is 9.47 Å². The van der Waals surface area contributed by atoms with Crippen LogP contribution in [0.4, 0.5) is 0 Å². The van der Waals surface area contributed by atoms with Crippen LogP contribution < -0.4 is 0 Å². The number of hydrogen-bond acceptors (Lipinski definition) is 2. The lowest BCUT2D eigenvalue weighted by Crippen LogP contribution is -1.94. The highest BCUT2D eigenvalue weighted by Gasteiger charge is 2.16. The summed E-state index contributed by atoms with van der Waals surface area (Å²) in [6, 6.07) is 20.2. The molecule has 0 fully saturated rings. The molecular formula is C16H12O2. The van der Waals surface area contributed by atoms with E-state index in [1.54, 1.807) is 12.5 Å². The largest absolute Gasteiger partial charge is 0.430 e. The highest BCUT2D eigenvalue weighted by atomic mass is 16.7. The Morgan fingerprint density at radius 3 is 1.50 bits per heavy atom. The maximum atomic E-state index is 5.40. The first-order chi connectivity index (χ1) is 8.95. The number of hydrogen-bond donors (Lipinski definition) is 0. The predicted octanol–water partition coefficient (Wildman–Crippen LogP) is 3.92. The molecule has 0 N–H and O–H groups in total. The molecule has 0 aliphatic carbocycles. The molecule has 18 heavy (non-hydrogen) atoms. The van der Waals surface area contributed by atoms with Crippen LogP contribution in [0.3, 0.4) is 0 Å². The second-order valence-corrected chi connectivity index (χ2v) is 3.90. The molecule has 0 radical (unpaired) electrons. The summed E-state index contributed by atoms with van der Waals surface area (Å²) in [5, 5.41) is 0. The van der Waals surface area contributed by atoms with Gasteiger partial charge in [0.1, 0.15) is 12.5 Å². The average Bonchev–Trinajstić information content (AvgIpc) is 2.95. The standard InChI is InChI=1S/C16H12O2/c1-3-7-13(8-4-1)15(16-17-11-12-18-16)14-9-5-2-6-10-14/h1-12H. The van der Waals surface area contributed by atoms with Gasteiger partial charge in [0.25, 0.3) is 5.95 Å². The van der Waals surface area contributed by atoms with E-state index in [9.17, 15) is 0 Å². The third kappa shape index (κ3) is 2.00. The molecule has 3 rings (SSSR count). The summed E-state index contributed by atoms with van der Waals surface area (Å²) >= 11 is 0. The first kappa shape index (κ1) is 10.7. The lowest BCUT2D eigenvalue weighted by Gasteiger charge is -2.10. The van der Waals surface area contributed by atoms with E-state index >= 15 is 0 Å². The minimum Gasteiger partial charge on any atom is -0.430 e. The third-order valence-electron chi connectivity index (χ3n) is 2.73. The summed E-state index contributed by atoms with van der Waals surface area (Å²) in [5.74, 6) is 0.521. The monoisotopic (exact) mass is 236 g/mol. The molecule has 0 spiro atoms. The van der Waals surface area contributed by atoms with Gasteiger partial charge in [-0.3, -0.25) is 0 Å². The molecule has 0 atom stereocenters. The topological polar surface area (TPSA) is 18.5 Å².